The quantitative estimate of drug-likeness (QED) is 0.683. The van der Waals surface area contributed by atoms with Crippen LogP contribution in [-0.4, -0.2) is 36.5 Å². The average molecular weight is 182 g/mol. The third-order valence-corrected chi connectivity index (χ3v) is 3.33. The van der Waals surface area contributed by atoms with E-state index in [9.17, 15) is 4.79 Å². The van der Waals surface area contributed by atoms with Gasteiger partial charge in [-0.2, -0.15) is 0 Å². The Kier molecular flexibility index (Phi) is 2.54. The van der Waals surface area contributed by atoms with Gasteiger partial charge in [0.1, 0.15) is 0 Å². The third kappa shape index (κ3) is 1.70. The molecule has 1 saturated heterocycles. The molecule has 3 nitrogen and oxygen atoms in total. The number of hydrogen-bond donors (Lipinski definition) is 1. The van der Waals surface area contributed by atoms with Crippen LogP contribution in [-0.2, 0) is 4.79 Å². The molecule has 1 aliphatic carbocycles. The zero-order valence-electron chi connectivity index (χ0n) is 8.25. The first-order valence-corrected chi connectivity index (χ1v) is 5.29. The Bertz CT molecular complexity index is 195. The Hall–Kier alpha value is -0.570. The highest BCUT2D eigenvalue weighted by Gasteiger charge is 2.31. The highest BCUT2D eigenvalue weighted by Crippen LogP contribution is 2.24. The topological polar surface area (TPSA) is 32.3 Å². The third-order valence-electron chi connectivity index (χ3n) is 3.33. The molecule has 1 atom stereocenters. The molecule has 0 bridgehead atoms. The van der Waals surface area contributed by atoms with Crippen molar-refractivity contribution < 1.29 is 4.79 Å². The predicted molar refractivity (Wildman–Crippen MR) is 51.4 cm³/mol. The van der Waals surface area contributed by atoms with E-state index in [4.69, 9.17) is 0 Å². The van der Waals surface area contributed by atoms with Crippen LogP contribution >= 0.6 is 0 Å². The molecule has 1 aliphatic heterocycles. The monoisotopic (exact) mass is 182 g/mol. The van der Waals surface area contributed by atoms with Crippen LogP contribution in [0, 0.1) is 0 Å². The molecule has 0 aromatic rings. The molecule has 1 N–H and O–H groups in total. The lowest BCUT2D eigenvalue weighted by Gasteiger charge is -2.36. The zero-order chi connectivity index (χ0) is 9.26. The minimum absolute atomic E-state index is 0.116. The highest BCUT2D eigenvalue weighted by atomic mass is 16.2. The molecule has 74 valence electrons. The molecule has 0 radical (unpaired) electrons. The molecule has 1 heterocycles. The van der Waals surface area contributed by atoms with E-state index in [2.05, 4.69) is 5.32 Å². The predicted octanol–water partition coefficient (Wildman–Crippen LogP) is 0.749. The highest BCUT2D eigenvalue weighted by molar-refractivity contribution is 5.82. The summed E-state index contributed by atoms with van der Waals surface area (Å²) >= 11 is 0. The summed E-state index contributed by atoms with van der Waals surface area (Å²) in [5, 5.41) is 3.25. The van der Waals surface area contributed by atoms with Gasteiger partial charge in [-0.1, -0.05) is 0 Å². The summed E-state index contributed by atoms with van der Waals surface area (Å²) in [6.45, 7) is 1.01. The minimum Gasteiger partial charge on any atom is -0.341 e. The van der Waals surface area contributed by atoms with E-state index in [0.717, 1.165) is 19.4 Å². The van der Waals surface area contributed by atoms with Crippen LogP contribution in [0.4, 0.5) is 0 Å². The van der Waals surface area contributed by atoms with E-state index in [0.29, 0.717) is 11.9 Å². The lowest BCUT2D eigenvalue weighted by Crippen LogP contribution is -2.48. The van der Waals surface area contributed by atoms with Crippen molar-refractivity contribution >= 4 is 5.91 Å². The summed E-state index contributed by atoms with van der Waals surface area (Å²) in [7, 11) is 1.95. The smallest absolute Gasteiger partial charge is 0.239 e. The number of nitrogens with one attached hydrogen (secondary N) is 1. The molecule has 0 aromatic carbocycles. The number of rotatable bonds is 2. The van der Waals surface area contributed by atoms with Gasteiger partial charge in [0, 0.05) is 13.1 Å². The van der Waals surface area contributed by atoms with Gasteiger partial charge in [-0.3, -0.25) is 4.79 Å². The van der Waals surface area contributed by atoms with Crippen LogP contribution in [0.3, 0.4) is 0 Å². The molecule has 1 saturated carbocycles. The fourth-order valence-electron chi connectivity index (χ4n) is 2.10. The summed E-state index contributed by atoms with van der Waals surface area (Å²) in [4.78, 5) is 13.8. The number of carbonyl (C=O) groups is 1. The minimum atomic E-state index is 0.116. The van der Waals surface area contributed by atoms with Crippen molar-refractivity contribution in [3.8, 4) is 0 Å². The van der Waals surface area contributed by atoms with Gasteiger partial charge < -0.3 is 10.2 Å². The van der Waals surface area contributed by atoms with Gasteiger partial charge in [-0.15, -0.1) is 0 Å². The van der Waals surface area contributed by atoms with Crippen LogP contribution in [0.2, 0.25) is 0 Å². The summed E-state index contributed by atoms with van der Waals surface area (Å²) in [5.41, 5.74) is 0. The van der Waals surface area contributed by atoms with Crippen LogP contribution in [0.25, 0.3) is 0 Å². The van der Waals surface area contributed by atoms with E-state index in [1.807, 2.05) is 11.9 Å². The Morgan fingerprint density at radius 3 is 2.54 bits per heavy atom. The van der Waals surface area contributed by atoms with Crippen molar-refractivity contribution in [2.75, 3.05) is 13.6 Å². The Balaban J connectivity index is 1.87. The second kappa shape index (κ2) is 3.66. The number of amides is 1. The van der Waals surface area contributed by atoms with Gasteiger partial charge in [0.2, 0.25) is 5.91 Å². The summed E-state index contributed by atoms with van der Waals surface area (Å²) < 4.78 is 0. The Labute approximate surface area is 79.5 Å². The van der Waals surface area contributed by atoms with Crippen LogP contribution in [0.1, 0.15) is 32.1 Å². The van der Waals surface area contributed by atoms with Crippen molar-refractivity contribution in [2.45, 2.75) is 44.2 Å². The largest absolute Gasteiger partial charge is 0.341 e. The maximum atomic E-state index is 11.8. The van der Waals surface area contributed by atoms with Gasteiger partial charge in [-0.25, -0.2) is 0 Å². The summed E-state index contributed by atoms with van der Waals surface area (Å²) in [5.74, 6) is 0.308. The zero-order valence-corrected chi connectivity index (χ0v) is 8.25. The first-order chi connectivity index (χ1) is 6.29. The van der Waals surface area contributed by atoms with E-state index < -0.39 is 0 Å². The molecule has 13 heavy (non-hydrogen) atoms. The first kappa shape index (κ1) is 9.00. The van der Waals surface area contributed by atoms with E-state index >= 15 is 0 Å². The number of carbonyl (C=O) groups excluding carboxylic acids is 1. The Morgan fingerprint density at radius 1 is 1.31 bits per heavy atom. The normalized spacial score (nSPS) is 28.5. The van der Waals surface area contributed by atoms with Crippen molar-refractivity contribution in [1.82, 2.24) is 10.2 Å². The van der Waals surface area contributed by atoms with Crippen molar-refractivity contribution in [1.29, 1.82) is 0 Å². The molecule has 1 unspecified atom stereocenters. The van der Waals surface area contributed by atoms with Gasteiger partial charge in [0.25, 0.3) is 0 Å². The van der Waals surface area contributed by atoms with E-state index in [-0.39, 0.29) is 6.04 Å². The maximum Gasteiger partial charge on any atom is 0.239 e. The Morgan fingerprint density at radius 2 is 2.08 bits per heavy atom. The molecule has 2 rings (SSSR count). The standard InChI is InChI=1S/C10H18N2O/c1-12(8-4-2-5-8)10(13)9-6-3-7-11-9/h8-9,11H,2-7H2,1H3. The van der Waals surface area contributed by atoms with Crippen LogP contribution in [0.15, 0.2) is 0 Å². The first-order valence-electron chi connectivity index (χ1n) is 5.29. The average Bonchev–Trinajstić information content (AvgIpc) is 2.51. The van der Waals surface area contributed by atoms with Gasteiger partial charge in [-0.05, 0) is 38.6 Å². The fraction of sp³-hybridized carbons (Fsp3) is 0.900. The SMILES string of the molecule is CN(C(=O)C1CCCN1)C1CCC1. The summed E-state index contributed by atoms with van der Waals surface area (Å²) in [6, 6.07) is 0.653. The van der Waals surface area contributed by atoms with Crippen molar-refractivity contribution in [3.05, 3.63) is 0 Å². The van der Waals surface area contributed by atoms with Crippen molar-refractivity contribution in [2.24, 2.45) is 0 Å². The van der Waals surface area contributed by atoms with Crippen molar-refractivity contribution in [3.63, 3.8) is 0 Å². The molecule has 0 spiro atoms. The van der Waals surface area contributed by atoms with Crippen LogP contribution in [0.5, 0.6) is 0 Å². The molecule has 0 aromatic heterocycles. The van der Waals surface area contributed by atoms with Gasteiger partial charge in [0.05, 0.1) is 6.04 Å². The molecule has 3 heteroatoms. The van der Waals surface area contributed by atoms with Gasteiger partial charge in [0.15, 0.2) is 0 Å². The number of likely N-dealkylation sites (N-methyl/N-ethyl adjacent to an activating group) is 1. The molecule has 2 fully saturated rings. The fourth-order valence-corrected chi connectivity index (χ4v) is 2.10. The van der Waals surface area contributed by atoms with E-state index in [1.165, 1.54) is 19.3 Å². The number of hydrogen-bond acceptors (Lipinski definition) is 2. The van der Waals surface area contributed by atoms with Gasteiger partial charge >= 0.3 is 0 Å². The number of nitrogens with zero attached hydrogens (tertiary/aromatic N) is 1. The molecular formula is C10H18N2O. The second-order valence-corrected chi connectivity index (χ2v) is 4.18. The summed E-state index contributed by atoms with van der Waals surface area (Å²) in [6.07, 6.45) is 5.87. The second-order valence-electron chi connectivity index (χ2n) is 4.18. The lowest BCUT2D eigenvalue weighted by atomic mass is 9.91. The molecule has 2 aliphatic rings. The maximum absolute atomic E-state index is 11.8. The molecule has 1 amide bonds. The van der Waals surface area contributed by atoms with E-state index in [1.54, 1.807) is 0 Å². The van der Waals surface area contributed by atoms with Crippen LogP contribution < -0.4 is 5.32 Å². The molecular weight excluding hydrogens is 164 g/mol. The lowest BCUT2D eigenvalue weighted by molar-refractivity contribution is -0.135.